The summed E-state index contributed by atoms with van der Waals surface area (Å²) in [4.78, 5) is 0. The quantitative estimate of drug-likeness (QED) is 0.598. The molecule has 1 fully saturated rings. The van der Waals surface area contributed by atoms with E-state index < -0.39 is 0 Å². The average Bonchev–Trinajstić information content (AvgIpc) is 2.25. The van der Waals surface area contributed by atoms with E-state index in [0.717, 1.165) is 0 Å². The van der Waals surface area contributed by atoms with Crippen LogP contribution in [0.15, 0.2) is 24.3 Å². The Balaban J connectivity index is 2.27. The minimum Gasteiger partial charge on any atom is -0.0906 e. The summed E-state index contributed by atoms with van der Waals surface area (Å²) in [7, 11) is 0.0493. The van der Waals surface area contributed by atoms with Gasteiger partial charge in [-0.15, -0.1) is 0 Å². The number of rotatable bonds is 2. The molecule has 1 heteroatoms. The molecular weight excluding hydrogens is 235 g/mol. The van der Waals surface area contributed by atoms with Gasteiger partial charge in [-0.2, -0.15) is 0 Å². The lowest BCUT2D eigenvalue weighted by Gasteiger charge is -2.50. The van der Waals surface area contributed by atoms with Crippen LogP contribution >= 0.6 is 7.92 Å². The Labute approximate surface area is 114 Å². The molecule has 18 heavy (non-hydrogen) atoms. The third kappa shape index (κ3) is 2.80. The van der Waals surface area contributed by atoms with E-state index in [1.54, 1.807) is 5.56 Å². The molecule has 0 aliphatic carbocycles. The van der Waals surface area contributed by atoms with Crippen molar-refractivity contribution in [2.24, 2.45) is 0 Å². The van der Waals surface area contributed by atoms with E-state index in [4.69, 9.17) is 0 Å². The first-order valence-electron chi connectivity index (χ1n) is 7.15. The summed E-state index contributed by atoms with van der Waals surface area (Å²) in [6.07, 6.45) is 5.54. The lowest BCUT2D eigenvalue weighted by molar-refractivity contribution is 0.465. The molecule has 1 saturated heterocycles. The van der Waals surface area contributed by atoms with Gasteiger partial charge in [0, 0.05) is 0 Å². The first kappa shape index (κ1) is 14.1. The van der Waals surface area contributed by atoms with Crippen LogP contribution in [0.4, 0.5) is 0 Å². The maximum atomic E-state index is 2.50. The van der Waals surface area contributed by atoms with Gasteiger partial charge in [0.25, 0.3) is 0 Å². The van der Waals surface area contributed by atoms with E-state index in [0.29, 0.717) is 10.3 Å². The maximum Gasteiger partial charge on any atom is -0.00609 e. The summed E-state index contributed by atoms with van der Waals surface area (Å²) in [5, 5.41) is 1.08. The molecule has 0 atom stereocenters. The highest BCUT2D eigenvalue weighted by atomic mass is 31.1. The Morgan fingerprint density at radius 3 is 2.11 bits per heavy atom. The molecule has 0 unspecified atom stereocenters. The van der Waals surface area contributed by atoms with Crippen LogP contribution in [0.2, 0.25) is 0 Å². The van der Waals surface area contributed by atoms with E-state index >= 15 is 0 Å². The van der Waals surface area contributed by atoms with Gasteiger partial charge in [0.05, 0.1) is 0 Å². The molecule has 0 bridgehead atoms. The molecule has 0 amide bonds. The Hall–Kier alpha value is -0.350. The minimum atomic E-state index is 0.0493. The third-order valence-corrected chi connectivity index (χ3v) is 8.66. The maximum absolute atomic E-state index is 2.50. The largest absolute Gasteiger partial charge is 0.0906 e. The van der Waals surface area contributed by atoms with Crippen molar-refractivity contribution >= 4 is 7.92 Å². The van der Waals surface area contributed by atoms with Crippen LogP contribution < -0.4 is 0 Å². The van der Waals surface area contributed by atoms with E-state index in [-0.39, 0.29) is 7.92 Å². The van der Waals surface area contributed by atoms with Gasteiger partial charge in [0.1, 0.15) is 0 Å². The predicted octanol–water partition coefficient (Wildman–Crippen LogP) is 5.72. The molecule has 1 heterocycles. The van der Waals surface area contributed by atoms with Gasteiger partial charge >= 0.3 is 0 Å². The zero-order chi connectivity index (χ0) is 13.4. The summed E-state index contributed by atoms with van der Waals surface area (Å²) in [6.45, 7) is 12.3. The van der Waals surface area contributed by atoms with Crippen LogP contribution in [0.5, 0.6) is 0 Å². The topological polar surface area (TPSA) is 0 Å². The van der Waals surface area contributed by atoms with Gasteiger partial charge < -0.3 is 0 Å². The molecule has 100 valence electrons. The van der Waals surface area contributed by atoms with Crippen molar-refractivity contribution in [3.05, 3.63) is 35.4 Å². The fourth-order valence-corrected chi connectivity index (χ4v) is 7.48. The number of hydrogen-bond acceptors (Lipinski definition) is 0. The number of benzene rings is 1. The van der Waals surface area contributed by atoms with Crippen LogP contribution in [0.3, 0.4) is 0 Å². The zero-order valence-electron chi connectivity index (χ0n) is 12.6. The fraction of sp³-hybridized carbons (Fsp3) is 0.647. The monoisotopic (exact) mass is 262 g/mol. The summed E-state index contributed by atoms with van der Waals surface area (Å²) in [6, 6.07) is 8.94. The predicted molar refractivity (Wildman–Crippen MR) is 83.8 cm³/mol. The van der Waals surface area contributed by atoms with Crippen molar-refractivity contribution in [1.82, 2.24) is 0 Å². The van der Waals surface area contributed by atoms with E-state index in [9.17, 15) is 0 Å². The van der Waals surface area contributed by atoms with Gasteiger partial charge in [-0.05, 0) is 47.4 Å². The van der Waals surface area contributed by atoms with Crippen LogP contribution in [-0.2, 0) is 6.16 Å². The zero-order valence-corrected chi connectivity index (χ0v) is 13.5. The van der Waals surface area contributed by atoms with Gasteiger partial charge in [0.15, 0.2) is 0 Å². The van der Waals surface area contributed by atoms with Crippen molar-refractivity contribution in [1.29, 1.82) is 0 Å². The molecule has 0 spiro atoms. The fourth-order valence-electron chi connectivity index (χ4n) is 3.43. The second kappa shape index (κ2) is 4.97. The molecule has 0 saturated carbocycles. The SMILES string of the molecule is Cc1ccccc1CP1C(C)(C)CCCC1(C)C. The third-order valence-electron chi connectivity index (χ3n) is 4.63. The summed E-state index contributed by atoms with van der Waals surface area (Å²) < 4.78 is 0. The van der Waals surface area contributed by atoms with Crippen molar-refractivity contribution in [2.75, 3.05) is 0 Å². The summed E-state index contributed by atoms with van der Waals surface area (Å²) >= 11 is 0. The van der Waals surface area contributed by atoms with Crippen LogP contribution in [0.1, 0.15) is 58.1 Å². The highest BCUT2D eigenvalue weighted by Gasteiger charge is 2.42. The first-order chi connectivity index (χ1) is 8.33. The van der Waals surface area contributed by atoms with Crippen molar-refractivity contribution in [2.45, 2.75) is 70.4 Å². The summed E-state index contributed by atoms with van der Waals surface area (Å²) in [5.74, 6) is 0. The van der Waals surface area contributed by atoms with Crippen molar-refractivity contribution in [3.63, 3.8) is 0 Å². The lowest BCUT2D eigenvalue weighted by Crippen LogP contribution is -2.35. The lowest BCUT2D eigenvalue weighted by atomic mass is 9.98. The Morgan fingerprint density at radius 2 is 1.56 bits per heavy atom. The summed E-state index contributed by atoms with van der Waals surface area (Å²) in [5.41, 5.74) is 3.05. The molecule has 2 rings (SSSR count). The average molecular weight is 262 g/mol. The Bertz CT molecular complexity index is 401. The molecule has 0 radical (unpaired) electrons. The van der Waals surface area contributed by atoms with Gasteiger partial charge in [-0.3, -0.25) is 0 Å². The highest BCUT2D eigenvalue weighted by Crippen LogP contribution is 2.67. The molecular formula is C17H27P. The van der Waals surface area contributed by atoms with E-state index in [1.165, 1.54) is 31.0 Å². The van der Waals surface area contributed by atoms with E-state index in [1.807, 2.05) is 0 Å². The van der Waals surface area contributed by atoms with Crippen molar-refractivity contribution < 1.29 is 0 Å². The molecule has 0 nitrogen and oxygen atoms in total. The second-order valence-electron chi connectivity index (χ2n) is 6.99. The molecule has 1 aliphatic rings. The molecule has 0 N–H and O–H groups in total. The number of aryl methyl sites for hydroxylation is 1. The standard InChI is InChI=1S/C17H27P/c1-14-9-6-7-10-15(14)13-18-16(2,3)11-8-12-17(18,4)5/h6-7,9-10H,8,11-13H2,1-5H3. The molecule has 1 aromatic rings. The van der Waals surface area contributed by atoms with Crippen LogP contribution in [-0.4, -0.2) is 10.3 Å². The Morgan fingerprint density at radius 1 is 1.00 bits per heavy atom. The first-order valence-corrected chi connectivity index (χ1v) is 8.68. The van der Waals surface area contributed by atoms with Crippen molar-refractivity contribution in [3.8, 4) is 0 Å². The van der Waals surface area contributed by atoms with E-state index in [2.05, 4.69) is 58.9 Å². The van der Waals surface area contributed by atoms with Gasteiger partial charge in [0.2, 0.25) is 0 Å². The second-order valence-corrected chi connectivity index (χ2v) is 10.6. The Kier molecular flexibility index (Phi) is 3.88. The molecule has 1 aliphatic heterocycles. The minimum absolute atomic E-state index is 0.0493. The van der Waals surface area contributed by atoms with Gasteiger partial charge in [-0.25, -0.2) is 0 Å². The van der Waals surface area contributed by atoms with Crippen LogP contribution in [0, 0.1) is 6.92 Å². The smallest absolute Gasteiger partial charge is 0.00609 e. The molecule has 0 aromatic heterocycles. The molecule has 1 aromatic carbocycles. The van der Waals surface area contributed by atoms with Crippen LogP contribution in [0.25, 0.3) is 0 Å². The van der Waals surface area contributed by atoms with Gasteiger partial charge in [-0.1, -0.05) is 66.3 Å². The highest BCUT2D eigenvalue weighted by molar-refractivity contribution is 7.60. The number of hydrogen-bond donors (Lipinski definition) is 0. The normalized spacial score (nSPS) is 22.9.